The molecule has 2 heterocycles. The van der Waals surface area contributed by atoms with Crippen LogP contribution in [-0.2, 0) is 13.0 Å². The van der Waals surface area contributed by atoms with Crippen molar-refractivity contribution in [2.24, 2.45) is 0 Å². The van der Waals surface area contributed by atoms with E-state index in [1.54, 1.807) is 18.3 Å². The van der Waals surface area contributed by atoms with Crippen LogP contribution >= 0.6 is 0 Å². The zero-order valence-electron chi connectivity index (χ0n) is 11.4. The molecule has 1 aromatic carbocycles. The van der Waals surface area contributed by atoms with E-state index in [0.717, 1.165) is 13.0 Å². The summed E-state index contributed by atoms with van der Waals surface area (Å²) in [6.07, 6.45) is 2.52. The van der Waals surface area contributed by atoms with Gasteiger partial charge in [-0.2, -0.15) is 0 Å². The summed E-state index contributed by atoms with van der Waals surface area (Å²) in [6.45, 7) is 1.38. The Balaban J connectivity index is 1.86. The molecule has 20 heavy (non-hydrogen) atoms. The van der Waals surface area contributed by atoms with Crippen LogP contribution in [0.1, 0.15) is 21.5 Å². The molecule has 2 aromatic rings. The van der Waals surface area contributed by atoms with Gasteiger partial charge in [0, 0.05) is 19.3 Å². The van der Waals surface area contributed by atoms with Crippen molar-refractivity contribution in [1.82, 2.24) is 9.88 Å². The Morgan fingerprint density at radius 2 is 2.00 bits per heavy atom. The summed E-state index contributed by atoms with van der Waals surface area (Å²) in [5, 5.41) is 0. The van der Waals surface area contributed by atoms with E-state index < -0.39 is 0 Å². The van der Waals surface area contributed by atoms with Gasteiger partial charge < -0.3 is 9.64 Å². The minimum Gasteiger partial charge on any atom is -0.480 e. The standard InChI is InChI=1S/C16H16N2O2/c1-20-15-14(7-4-9-17-15)16(19)18-10-8-12-5-2-3-6-13(12)11-18/h2-7,9H,8,10-11H2,1H3. The van der Waals surface area contributed by atoms with Crippen LogP contribution in [0.3, 0.4) is 0 Å². The van der Waals surface area contributed by atoms with Gasteiger partial charge in [-0.1, -0.05) is 24.3 Å². The predicted octanol–water partition coefficient (Wildman–Crippen LogP) is 2.29. The van der Waals surface area contributed by atoms with Crippen LogP contribution in [0.5, 0.6) is 5.88 Å². The van der Waals surface area contributed by atoms with Gasteiger partial charge in [-0.15, -0.1) is 0 Å². The maximum Gasteiger partial charge on any atom is 0.259 e. The van der Waals surface area contributed by atoms with Crippen molar-refractivity contribution in [1.29, 1.82) is 0 Å². The average Bonchev–Trinajstić information content (AvgIpc) is 2.53. The summed E-state index contributed by atoms with van der Waals surface area (Å²) >= 11 is 0. The van der Waals surface area contributed by atoms with E-state index in [0.29, 0.717) is 18.0 Å². The van der Waals surface area contributed by atoms with Gasteiger partial charge in [0.1, 0.15) is 5.56 Å². The van der Waals surface area contributed by atoms with E-state index in [9.17, 15) is 4.79 Å². The minimum absolute atomic E-state index is 0.0237. The summed E-state index contributed by atoms with van der Waals surface area (Å²) < 4.78 is 5.17. The van der Waals surface area contributed by atoms with Gasteiger partial charge in [-0.25, -0.2) is 4.98 Å². The van der Waals surface area contributed by atoms with Crippen molar-refractivity contribution in [2.45, 2.75) is 13.0 Å². The molecule has 1 aliphatic rings. The molecule has 0 N–H and O–H groups in total. The highest BCUT2D eigenvalue weighted by Gasteiger charge is 2.24. The summed E-state index contributed by atoms with van der Waals surface area (Å²) in [5.74, 6) is 0.362. The lowest BCUT2D eigenvalue weighted by molar-refractivity contribution is 0.0730. The maximum atomic E-state index is 12.6. The molecule has 0 radical (unpaired) electrons. The van der Waals surface area contributed by atoms with Gasteiger partial charge >= 0.3 is 0 Å². The molecule has 1 amide bonds. The molecule has 0 bridgehead atoms. The van der Waals surface area contributed by atoms with Crippen LogP contribution in [0, 0.1) is 0 Å². The second-order valence-corrected chi connectivity index (χ2v) is 4.81. The number of ether oxygens (including phenoxy) is 1. The lowest BCUT2D eigenvalue weighted by Gasteiger charge is -2.29. The van der Waals surface area contributed by atoms with Crippen LogP contribution in [0.2, 0.25) is 0 Å². The number of fused-ring (bicyclic) bond motifs is 1. The summed E-state index contributed by atoms with van der Waals surface area (Å²) in [5.41, 5.74) is 3.07. The number of carbonyl (C=O) groups excluding carboxylic acids is 1. The Morgan fingerprint density at radius 1 is 1.20 bits per heavy atom. The SMILES string of the molecule is COc1ncccc1C(=O)N1CCc2ccccc2C1. The summed E-state index contributed by atoms with van der Waals surface area (Å²) in [6, 6.07) is 11.8. The van der Waals surface area contributed by atoms with Crippen LogP contribution in [-0.4, -0.2) is 29.4 Å². The van der Waals surface area contributed by atoms with Gasteiger partial charge in [-0.3, -0.25) is 4.79 Å². The first-order chi connectivity index (χ1) is 9.79. The highest BCUT2D eigenvalue weighted by atomic mass is 16.5. The van der Waals surface area contributed by atoms with E-state index in [1.807, 2.05) is 17.0 Å². The molecule has 1 aromatic heterocycles. The van der Waals surface area contributed by atoms with Gasteiger partial charge in [0.2, 0.25) is 5.88 Å². The van der Waals surface area contributed by atoms with Crippen LogP contribution < -0.4 is 4.74 Å². The highest BCUT2D eigenvalue weighted by Crippen LogP contribution is 2.22. The summed E-state index contributed by atoms with van der Waals surface area (Å²) in [7, 11) is 1.53. The molecule has 0 saturated carbocycles. The van der Waals surface area contributed by atoms with Crippen molar-refractivity contribution >= 4 is 5.91 Å². The molecule has 0 saturated heterocycles. The fourth-order valence-corrected chi connectivity index (χ4v) is 2.56. The Bertz CT molecular complexity index is 640. The number of nitrogens with zero attached hydrogens (tertiary/aromatic N) is 2. The molecule has 1 aliphatic heterocycles. The first-order valence-electron chi connectivity index (χ1n) is 6.64. The number of aromatic nitrogens is 1. The first-order valence-corrected chi connectivity index (χ1v) is 6.64. The number of benzene rings is 1. The average molecular weight is 268 g/mol. The Hall–Kier alpha value is -2.36. The molecular formula is C16H16N2O2. The lowest BCUT2D eigenvalue weighted by Crippen LogP contribution is -2.36. The molecule has 0 fully saturated rings. The third kappa shape index (κ3) is 2.25. The van der Waals surface area contributed by atoms with Gasteiger partial charge in [0.25, 0.3) is 5.91 Å². The fourth-order valence-electron chi connectivity index (χ4n) is 2.56. The van der Waals surface area contributed by atoms with Crippen molar-refractivity contribution in [3.63, 3.8) is 0 Å². The molecule has 4 nitrogen and oxygen atoms in total. The van der Waals surface area contributed by atoms with Crippen molar-refractivity contribution in [2.75, 3.05) is 13.7 Å². The first kappa shape index (κ1) is 12.7. The van der Waals surface area contributed by atoms with E-state index >= 15 is 0 Å². The minimum atomic E-state index is -0.0237. The Labute approximate surface area is 118 Å². The molecule has 0 atom stereocenters. The molecule has 102 valence electrons. The van der Waals surface area contributed by atoms with Gasteiger partial charge in [-0.05, 0) is 29.7 Å². The van der Waals surface area contributed by atoms with Gasteiger partial charge in [0.05, 0.1) is 7.11 Å². The number of methoxy groups -OCH3 is 1. The molecule has 3 rings (SSSR count). The Morgan fingerprint density at radius 3 is 2.80 bits per heavy atom. The number of rotatable bonds is 2. The maximum absolute atomic E-state index is 12.6. The zero-order valence-corrected chi connectivity index (χ0v) is 11.4. The fraction of sp³-hybridized carbons (Fsp3) is 0.250. The van der Waals surface area contributed by atoms with E-state index in [4.69, 9.17) is 4.74 Å². The number of hydrogen-bond donors (Lipinski definition) is 0. The third-order valence-electron chi connectivity index (χ3n) is 3.61. The van der Waals surface area contributed by atoms with E-state index in [1.165, 1.54) is 18.2 Å². The quantitative estimate of drug-likeness (QED) is 0.839. The third-order valence-corrected chi connectivity index (χ3v) is 3.61. The van der Waals surface area contributed by atoms with Crippen LogP contribution in [0.25, 0.3) is 0 Å². The second-order valence-electron chi connectivity index (χ2n) is 4.81. The Kier molecular flexibility index (Phi) is 3.37. The summed E-state index contributed by atoms with van der Waals surface area (Å²) in [4.78, 5) is 18.5. The second kappa shape index (κ2) is 5.33. The smallest absolute Gasteiger partial charge is 0.259 e. The molecule has 0 unspecified atom stereocenters. The van der Waals surface area contributed by atoms with Gasteiger partial charge in [0.15, 0.2) is 0 Å². The normalized spacial score (nSPS) is 13.8. The van der Waals surface area contributed by atoms with Crippen molar-refractivity contribution in [3.05, 3.63) is 59.3 Å². The number of amides is 1. The molecular weight excluding hydrogens is 252 g/mol. The predicted molar refractivity (Wildman–Crippen MR) is 75.7 cm³/mol. The highest BCUT2D eigenvalue weighted by molar-refractivity contribution is 5.96. The van der Waals surface area contributed by atoms with E-state index in [-0.39, 0.29) is 5.91 Å². The van der Waals surface area contributed by atoms with Crippen molar-refractivity contribution in [3.8, 4) is 5.88 Å². The number of carbonyl (C=O) groups is 1. The number of pyridine rings is 1. The van der Waals surface area contributed by atoms with E-state index in [2.05, 4.69) is 17.1 Å². The largest absolute Gasteiger partial charge is 0.480 e. The van der Waals surface area contributed by atoms with Crippen LogP contribution in [0.15, 0.2) is 42.6 Å². The van der Waals surface area contributed by atoms with Crippen LogP contribution in [0.4, 0.5) is 0 Å². The van der Waals surface area contributed by atoms with Crippen molar-refractivity contribution < 1.29 is 9.53 Å². The monoisotopic (exact) mass is 268 g/mol. The number of hydrogen-bond acceptors (Lipinski definition) is 3. The topological polar surface area (TPSA) is 42.4 Å². The molecule has 0 spiro atoms. The molecule has 4 heteroatoms. The lowest BCUT2D eigenvalue weighted by atomic mass is 9.99. The zero-order chi connectivity index (χ0) is 13.9. The molecule has 0 aliphatic carbocycles.